The van der Waals surface area contributed by atoms with Crippen LogP contribution in [0.5, 0.6) is 0 Å². The van der Waals surface area contributed by atoms with Crippen LogP contribution in [0.1, 0.15) is 50.7 Å². The summed E-state index contributed by atoms with van der Waals surface area (Å²) in [6.45, 7) is 6.04. The van der Waals surface area contributed by atoms with Crippen molar-refractivity contribution >= 4 is 5.82 Å². The smallest absolute Gasteiger partial charge is 0.147 e. The average molecular weight is 416 g/mol. The number of piperidine rings is 1. The van der Waals surface area contributed by atoms with Crippen LogP contribution in [0.15, 0.2) is 54.7 Å². The Balaban J connectivity index is 1.72. The van der Waals surface area contributed by atoms with Gasteiger partial charge in [-0.05, 0) is 36.8 Å². The van der Waals surface area contributed by atoms with Gasteiger partial charge in [-0.1, -0.05) is 75.2 Å². The van der Waals surface area contributed by atoms with E-state index in [-0.39, 0.29) is 6.10 Å². The maximum absolute atomic E-state index is 9.87. The van der Waals surface area contributed by atoms with Crippen LogP contribution in [0.4, 0.5) is 5.82 Å². The van der Waals surface area contributed by atoms with Crippen LogP contribution in [-0.2, 0) is 12.8 Å². The van der Waals surface area contributed by atoms with Gasteiger partial charge in [0.1, 0.15) is 5.82 Å². The first-order valence-corrected chi connectivity index (χ1v) is 11.7. The molecule has 4 nitrogen and oxygen atoms in total. The van der Waals surface area contributed by atoms with Gasteiger partial charge in [0.2, 0.25) is 0 Å². The van der Waals surface area contributed by atoms with Crippen LogP contribution in [0.3, 0.4) is 0 Å². The van der Waals surface area contributed by atoms with Crippen LogP contribution >= 0.6 is 0 Å². The minimum Gasteiger partial charge on any atom is -0.393 e. The number of rotatable bonds is 7. The number of aryl methyl sites for hydroxylation is 2. The third kappa shape index (κ3) is 5.13. The van der Waals surface area contributed by atoms with Crippen LogP contribution in [0.25, 0.3) is 22.5 Å². The molecule has 0 atom stereocenters. The molecule has 1 aliphatic heterocycles. The summed E-state index contributed by atoms with van der Waals surface area (Å²) in [7, 11) is 0. The standard InChI is InChI=1S/C27H33N3O/c1-3-5-20-7-11-22(12-8-20)26-27(23-13-9-21(6-4-2)10-14-23)29-25(19-28-26)30-17-15-24(31)16-18-30/h7-14,19,24,31H,3-6,15-18H2,1-2H3. The van der Waals surface area contributed by atoms with E-state index in [4.69, 9.17) is 9.97 Å². The first kappa shape index (κ1) is 21.5. The van der Waals surface area contributed by atoms with Crippen LogP contribution in [0, 0.1) is 0 Å². The monoisotopic (exact) mass is 415 g/mol. The number of benzene rings is 2. The summed E-state index contributed by atoms with van der Waals surface area (Å²) >= 11 is 0. The lowest BCUT2D eigenvalue weighted by Crippen LogP contribution is -2.36. The van der Waals surface area contributed by atoms with Gasteiger partial charge >= 0.3 is 0 Å². The topological polar surface area (TPSA) is 49.2 Å². The van der Waals surface area contributed by atoms with E-state index in [1.807, 2.05) is 6.20 Å². The summed E-state index contributed by atoms with van der Waals surface area (Å²) in [6, 6.07) is 17.5. The zero-order valence-electron chi connectivity index (χ0n) is 18.7. The highest BCUT2D eigenvalue weighted by Crippen LogP contribution is 2.32. The molecule has 0 spiro atoms. The molecule has 2 heterocycles. The Morgan fingerprint density at radius 1 is 0.806 bits per heavy atom. The molecular formula is C27H33N3O. The number of nitrogens with zero attached hydrogens (tertiary/aromatic N) is 3. The molecule has 2 aromatic carbocycles. The Labute approximate surface area is 186 Å². The van der Waals surface area contributed by atoms with Crippen LogP contribution in [0.2, 0.25) is 0 Å². The Hall–Kier alpha value is -2.72. The number of hydrogen-bond donors (Lipinski definition) is 1. The Kier molecular flexibility index (Phi) is 6.98. The molecule has 1 fully saturated rings. The lowest BCUT2D eigenvalue weighted by molar-refractivity contribution is 0.145. The summed E-state index contributed by atoms with van der Waals surface area (Å²) in [5.41, 5.74) is 6.75. The van der Waals surface area contributed by atoms with Crippen molar-refractivity contribution in [3.8, 4) is 22.5 Å². The van der Waals surface area contributed by atoms with Gasteiger partial charge < -0.3 is 10.0 Å². The molecule has 1 saturated heterocycles. The predicted octanol–water partition coefficient (Wildman–Crippen LogP) is 5.68. The van der Waals surface area contributed by atoms with Crippen molar-refractivity contribution in [2.75, 3.05) is 18.0 Å². The van der Waals surface area contributed by atoms with E-state index < -0.39 is 0 Å². The molecule has 0 aliphatic carbocycles. The second kappa shape index (κ2) is 10.1. The quantitative estimate of drug-likeness (QED) is 0.540. The second-order valence-electron chi connectivity index (χ2n) is 8.54. The predicted molar refractivity (Wildman–Crippen MR) is 128 cm³/mol. The molecule has 3 aromatic rings. The zero-order chi connectivity index (χ0) is 21.6. The summed E-state index contributed by atoms with van der Waals surface area (Å²) in [6.07, 6.45) is 7.73. The summed E-state index contributed by atoms with van der Waals surface area (Å²) in [5, 5.41) is 9.87. The largest absolute Gasteiger partial charge is 0.393 e. The molecule has 0 bridgehead atoms. The molecule has 162 valence electrons. The van der Waals surface area contributed by atoms with Gasteiger partial charge in [-0.15, -0.1) is 0 Å². The fraction of sp³-hybridized carbons (Fsp3) is 0.407. The van der Waals surface area contributed by atoms with Crippen molar-refractivity contribution in [3.63, 3.8) is 0 Å². The van der Waals surface area contributed by atoms with Gasteiger partial charge in [-0.2, -0.15) is 0 Å². The van der Waals surface area contributed by atoms with Crippen molar-refractivity contribution in [2.45, 2.75) is 58.5 Å². The third-order valence-electron chi connectivity index (χ3n) is 6.08. The first-order valence-electron chi connectivity index (χ1n) is 11.7. The Morgan fingerprint density at radius 3 is 1.84 bits per heavy atom. The molecule has 0 radical (unpaired) electrons. The molecule has 1 aliphatic rings. The third-order valence-corrected chi connectivity index (χ3v) is 6.08. The van der Waals surface area contributed by atoms with Crippen molar-refractivity contribution < 1.29 is 5.11 Å². The molecule has 0 amide bonds. The fourth-order valence-electron chi connectivity index (χ4n) is 4.28. The van der Waals surface area contributed by atoms with Crippen molar-refractivity contribution in [1.82, 2.24) is 9.97 Å². The highest BCUT2D eigenvalue weighted by Gasteiger charge is 2.20. The maximum atomic E-state index is 9.87. The van der Waals surface area contributed by atoms with E-state index in [9.17, 15) is 5.11 Å². The van der Waals surface area contributed by atoms with E-state index in [2.05, 4.69) is 67.3 Å². The lowest BCUT2D eigenvalue weighted by atomic mass is 10.00. The highest BCUT2D eigenvalue weighted by atomic mass is 16.3. The minimum absolute atomic E-state index is 0.198. The van der Waals surface area contributed by atoms with E-state index in [0.29, 0.717) is 0 Å². The van der Waals surface area contributed by atoms with E-state index in [1.165, 1.54) is 11.1 Å². The van der Waals surface area contributed by atoms with Crippen molar-refractivity contribution in [3.05, 3.63) is 65.9 Å². The van der Waals surface area contributed by atoms with Crippen LogP contribution in [-0.4, -0.2) is 34.3 Å². The zero-order valence-corrected chi connectivity index (χ0v) is 18.7. The Bertz CT molecular complexity index is 974. The molecule has 31 heavy (non-hydrogen) atoms. The first-order chi connectivity index (χ1) is 15.2. The van der Waals surface area contributed by atoms with Crippen LogP contribution < -0.4 is 4.90 Å². The fourth-order valence-corrected chi connectivity index (χ4v) is 4.28. The van der Waals surface area contributed by atoms with E-state index >= 15 is 0 Å². The van der Waals surface area contributed by atoms with Gasteiger partial charge in [-0.25, -0.2) is 4.98 Å². The summed E-state index contributed by atoms with van der Waals surface area (Å²) in [5.74, 6) is 0.894. The molecule has 4 rings (SSSR count). The molecule has 0 saturated carbocycles. The molecule has 1 aromatic heterocycles. The van der Waals surface area contributed by atoms with Gasteiger partial charge in [0.05, 0.1) is 23.7 Å². The highest BCUT2D eigenvalue weighted by molar-refractivity contribution is 5.79. The number of aliphatic hydroxyl groups is 1. The average Bonchev–Trinajstić information content (AvgIpc) is 2.81. The van der Waals surface area contributed by atoms with E-state index in [0.717, 1.165) is 79.9 Å². The molecule has 4 heteroatoms. The molecule has 1 N–H and O–H groups in total. The van der Waals surface area contributed by atoms with Gasteiger partial charge in [0, 0.05) is 24.2 Å². The summed E-state index contributed by atoms with van der Waals surface area (Å²) in [4.78, 5) is 12.2. The van der Waals surface area contributed by atoms with Crippen molar-refractivity contribution in [2.24, 2.45) is 0 Å². The molecule has 0 unspecified atom stereocenters. The minimum atomic E-state index is -0.198. The normalized spacial score (nSPS) is 14.7. The SMILES string of the molecule is CCCc1ccc(-c2ncc(N3CCC(O)CC3)nc2-c2ccc(CCC)cc2)cc1. The maximum Gasteiger partial charge on any atom is 0.147 e. The summed E-state index contributed by atoms with van der Waals surface area (Å²) < 4.78 is 0. The lowest BCUT2D eigenvalue weighted by Gasteiger charge is -2.30. The molecular weight excluding hydrogens is 382 g/mol. The second-order valence-corrected chi connectivity index (χ2v) is 8.54. The van der Waals surface area contributed by atoms with Gasteiger partial charge in [0.15, 0.2) is 0 Å². The number of hydrogen-bond acceptors (Lipinski definition) is 4. The van der Waals surface area contributed by atoms with Gasteiger partial charge in [-0.3, -0.25) is 4.98 Å². The Morgan fingerprint density at radius 2 is 1.32 bits per heavy atom. The number of anilines is 1. The van der Waals surface area contributed by atoms with E-state index in [1.54, 1.807) is 0 Å². The van der Waals surface area contributed by atoms with Crippen molar-refractivity contribution in [1.29, 1.82) is 0 Å². The number of aromatic nitrogens is 2. The number of aliphatic hydroxyl groups excluding tert-OH is 1. The van der Waals surface area contributed by atoms with Gasteiger partial charge in [0.25, 0.3) is 0 Å².